The number of hydrogen-bond acceptors (Lipinski definition) is 8. The van der Waals surface area contributed by atoms with E-state index in [0.29, 0.717) is 27.5 Å². The van der Waals surface area contributed by atoms with Crippen molar-refractivity contribution in [1.29, 1.82) is 0 Å². The number of carbonyl (C=O) groups excluding carboxylic acids is 1. The molecule has 3 N–H and O–H groups in total. The van der Waals surface area contributed by atoms with Gasteiger partial charge in [-0.05, 0) is 31.2 Å². The standard InChI is InChI=1S/C15H12FN7OS/c1-7-13(24)20-10-11(19-7)17-6-18-12(10)21-15-23-22-14(25-15)8-2-4-9(16)5-3-8/h2-7H,1H3,(H,20,24)(H2,17,18,19,21,23). The van der Waals surface area contributed by atoms with Crippen LogP contribution in [0.25, 0.3) is 10.6 Å². The number of carbonyl (C=O) groups is 1. The van der Waals surface area contributed by atoms with Crippen molar-refractivity contribution in [1.82, 2.24) is 20.2 Å². The van der Waals surface area contributed by atoms with E-state index in [9.17, 15) is 9.18 Å². The molecule has 126 valence electrons. The summed E-state index contributed by atoms with van der Waals surface area (Å²) in [7, 11) is 0. The van der Waals surface area contributed by atoms with E-state index in [1.165, 1.54) is 29.8 Å². The summed E-state index contributed by atoms with van der Waals surface area (Å²) in [5.41, 5.74) is 1.23. The van der Waals surface area contributed by atoms with Gasteiger partial charge in [-0.15, -0.1) is 10.2 Å². The lowest BCUT2D eigenvalue weighted by Crippen LogP contribution is -2.37. The predicted molar refractivity (Wildman–Crippen MR) is 92.3 cm³/mol. The maximum Gasteiger partial charge on any atom is 0.246 e. The summed E-state index contributed by atoms with van der Waals surface area (Å²) in [5.74, 6) is 0.471. The third kappa shape index (κ3) is 2.98. The Hall–Kier alpha value is -3.14. The van der Waals surface area contributed by atoms with Gasteiger partial charge in [-0.2, -0.15) is 0 Å². The van der Waals surface area contributed by atoms with Crippen LogP contribution in [-0.2, 0) is 4.79 Å². The molecule has 0 spiro atoms. The number of aromatic nitrogens is 4. The van der Waals surface area contributed by atoms with Crippen LogP contribution in [-0.4, -0.2) is 32.1 Å². The normalized spacial score (nSPS) is 15.9. The van der Waals surface area contributed by atoms with Gasteiger partial charge in [0.05, 0.1) is 0 Å². The van der Waals surface area contributed by atoms with Crippen LogP contribution in [0.15, 0.2) is 30.6 Å². The zero-order valence-electron chi connectivity index (χ0n) is 12.9. The fraction of sp³-hybridized carbons (Fsp3) is 0.133. The summed E-state index contributed by atoms with van der Waals surface area (Å²) < 4.78 is 13.0. The molecule has 0 aliphatic carbocycles. The summed E-state index contributed by atoms with van der Waals surface area (Å²) in [5, 5.41) is 18.1. The van der Waals surface area contributed by atoms with E-state index < -0.39 is 0 Å². The van der Waals surface area contributed by atoms with Crippen LogP contribution in [0, 0.1) is 5.82 Å². The Labute approximate surface area is 145 Å². The van der Waals surface area contributed by atoms with Gasteiger partial charge in [0, 0.05) is 5.56 Å². The summed E-state index contributed by atoms with van der Waals surface area (Å²) >= 11 is 1.29. The van der Waals surface area contributed by atoms with Gasteiger partial charge in [0.15, 0.2) is 11.6 Å². The first-order valence-electron chi connectivity index (χ1n) is 7.39. The Morgan fingerprint density at radius 2 is 2.00 bits per heavy atom. The van der Waals surface area contributed by atoms with Crippen LogP contribution in [0.1, 0.15) is 6.92 Å². The zero-order chi connectivity index (χ0) is 17.4. The lowest BCUT2D eigenvalue weighted by Gasteiger charge is -2.24. The molecule has 0 saturated heterocycles. The van der Waals surface area contributed by atoms with Crippen LogP contribution < -0.4 is 16.0 Å². The third-order valence-electron chi connectivity index (χ3n) is 3.58. The van der Waals surface area contributed by atoms with E-state index in [4.69, 9.17) is 0 Å². The molecule has 25 heavy (non-hydrogen) atoms. The van der Waals surface area contributed by atoms with Gasteiger partial charge in [-0.1, -0.05) is 11.3 Å². The van der Waals surface area contributed by atoms with Crippen molar-refractivity contribution in [3.05, 3.63) is 36.4 Å². The average molecular weight is 357 g/mol. The molecule has 0 fully saturated rings. The first-order chi connectivity index (χ1) is 12.1. The lowest BCUT2D eigenvalue weighted by atomic mass is 10.2. The number of fused-ring (bicyclic) bond motifs is 1. The minimum atomic E-state index is -0.373. The highest BCUT2D eigenvalue weighted by Gasteiger charge is 2.25. The Kier molecular flexibility index (Phi) is 3.73. The van der Waals surface area contributed by atoms with Gasteiger partial charge in [0.25, 0.3) is 0 Å². The van der Waals surface area contributed by atoms with Crippen molar-refractivity contribution in [2.24, 2.45) is 0 Å². The van der Waals surface area contributed by atoms with E-state index >= 15 is 0 Å². The van der Waals surface area contributed by atoms with Gasteiger partial charge in [-0.3, -0.25) is 4.79 Å². The molecule has 3 heterocycles. The topological polar surface area (TPSA) is 105 Å². The number of rotatable bonds is 3. The van der Waals surface area contributed by atoms with Crippen LogP contribution in [0.3, 0.4) is 0 Å². The van der Waals surface area contributed by atoms with Crippen LogP contribution in [0.2, 0.25) is 0 Å². The maximum absolute atomic E-state index is 13.0. The Balaban J connectivity index is 1.61. The molecule has 0 radical (unpaired) electrons. The molecule has 0 bridgehead atoms. The van der Waals surface area contributed by atoms with Crippen molar-refractivity contribution < 1.29 is 9.18 Å². The van der Waals surface area contributed by atoms with Crippen molar-refractivity contribution in [2.45, 2.75) is 13.0 Å². The number of amides is 1. The molecule has 3 aromatic rings. The van der Waals surface area contributed by atoms with E-state index in [-0.39, 0.29) is 17.8 Å². The van der Waals surface area contributed by atoms with Gasteiger partial charge in [0.2, 0.25) is 11.0 Å². The average Bonchev–Trinajstić information content (AvgIpc) is 3.06. The van der Waals surface area contributed by atoms with Crippen molar-refractivity contribution in [2.75, 3.05) is 16.0 Å². The minimum Gasteiger partial charge on any atom is -0.357 e. The second kappa shape index (κ2) is 6.06. The molecule has 1 unspecified atom stereocenters. The molecule has 2 aromatic heterocycles. The van der Waals surface area contributed by atoms with Crippen LogP contribution in [0.4, 0.5) is 26.8 Å². The first kappa shape index (κ1) is 15.4. The first-order valence-corrected chi connectivity index (χ1v) is 8.20. The van der Waals surface area contributed by atoms with Gasteiger partial charge >= 0.3 is 0 Å². The predicted octanol–water partition coefficient (Wildman–Crippen LogP) is 2.63. The molecule has 1 atom stereocenters. The fourth-order valence-electron chi connectivity index (χ4n) is 2.29. The van der Waals surface area contributed by atoms with Crippen molar-refractivity contribution >= 4 is 39.7 Å². The Bertz CT molecular complexity index is 943. The van der Waals surface area contributed by atoms with E-state index in [1.54, 1.807) is 19.1 Å². The molecule has 1 aliphatic rings. The van der Waals surface area contributed by atoms with Crippen LogP contribution >= 0.6 is 11.3 Å². The number of hydrogen-bond donors (Lipinski definition) is 3. The molecule has 0 saturated carbocycles. The number of nitrogens with zero attached hydrogens (tertiary/aromatic N) is 4. The Morgan fingerprint density at radius 1 is 1.20 bits per heavy atom. The highest BCUT2D eigenvalue weighted by Crippen LogP contribution is 2.34. The SMILES string of the molecule is CC1Nc2ncnc(Nc3nnc(-c4ccc(F)cc4)s3)c2NC1=O. The second-order valence-corrected chi connectivity index (χ2v) is 6.32. The highest BCUT2D eigenvalue weighted by molar-refractivity contribution is 7.18. The van der Waals surface area contributed by atoms with E-state index in [2.05, 4.69) is 36.1 Å². The molecular formula is C15H12FN7OS. The van der Waals surface area contributed by atoms with Crippen LogP contribution in [0.5, 0.6) is 0 Å². The second-order valence-electron chi connectivity index (χ2n) is 5.35. The number of nitrogens with one attached hydrogen (secondary N) is 3. The number of anilines is 4. The van der Waals surface area contributed by atoms with E-state index in [1.807, 2.05) is 0 Å². The summed E-state index contributed by atoms with van der Waals surface area (Å²) in [6.07, 6.45) is 1.39. The summed E-state index contributed by atoms with van der Waals surface area (Å²) in [6.45, 7) is 1.74. The van der Waals surface area contributed by atoms with E-state index in [0.717, 1.165) is 5.56 Å². The zero-order valence-corrected chi connectivity index (χ0v) is 13.8. The molecule has 1 amide bonds. The smallest absolute Gasteiger partial charge is 0.246 e. The van der Waals surface area contributed by atoms with Crippen molar-refractivity contribution in [3.63, 3.8) is 0 Å². The summed E-state index contributed by atoms with van der Waals surface area (Å²) in [4.78, 5) is 20.1. The minimum absolute atomic E-state index is 0.172. The number of halogens is 1. The number of benzene rings is 1. The lowest BCUT2D eigenvalue weighted by molar-refractivity contribution is -0.116. The summed E-state index contributed by atoms with van der Waals surface area (Å²) in [6, 6.07) is 5.64. The Morgan fingerprint density at radius 3 is 2.80 bits per heavy atom. The maximum atomic E-state index is 13.0. The molecule has 1 aromatic carbocycles. The molecular weight excluding hydrogens is 345 g/mol. The molecule has 8 nitrogen and oxygen atoms in total. The largest absolute Gasteiger partial charge is 0.357 e. The van der Waals surface area contributed by atoms with Crippen molar-refractivity contribution in [3.8, 4) is 10.6 Å². The quantitative estimate of drug-likeness (QED) is 0.662. The molecule has 4 rings (SSSR count). The third-order valence-corrected chi connectivity index (χ3v) is 4.47. The highest BCUT2D eigenvalue weighted by atomic mass is 32.1. The molecule has 1 aliphatic heterocycles. The van der Waals surface area contributed by atoms with Gasteiger partial charge < -0.3 is 16.0 Å². The fourth-order valence-corrected chi connectivity index (χ4v) is 3.04. The van der Waals surface area contributed by atoms with Gasteiger partial charge in [0.1, 0.15) is 28.9 Å². The monoisotopic (exact) mass is 357 g/mol. The van der Waals surface area contributed by atoms with Gasteiger partial charge in [-0.25, -0.2) is 14.4 Å². The molecule has 10 heteroatoms.